The van der Waals surface area contributed by atoms with Gasteiger partial charge in [0, 0.05) is 6.42 Å². The summed E-state index contributed by atoms with van der Waals surface area (Å²) in [6.07, 6.45) is 8.51. The van der Waals surface area contributed by atoms with Crippen LogP contribution in [0.3, 0.4) is 0 Å². The average Bonchev–Trinajstić information content (AvgIpc) is 2.08. The fraction of sp³-hybridized carbons (Fsp3) is 0.545. The summed E-state index contributed by atoms with van der Waals surface area (Å²) in [7, 11) is 4.16. The first-order chi connectivity index (χ1) is 6.18. The minimum Gasteiger partial charge on any atom is -0.309 e. The lowest BCUT2D eigenvalue weighted by Crippen LogP contribution is -2.13. The second kappa shape index (κ2) is 4.97. The molecule has 0 atom stereocenters. The molecule has 0 aromatic heterocycles. The van der Waals surface area contributed by atoms with E-state index < -0.39 is 0 Å². The molecular formula is C11H17NO. The maximum atomic E-state index is 10.9. The van der Waals surface area contributed by atoms with Crippen molar-refractivity contribution >= 4 is 5.78 Å². The molecule has 0 fully saturated rings. The van der Waals surface area contributed by atoms with Crippen LogP contribution in [0.2, 0.25) is 0 Å². The van der Waals surface area contributed by atoms with Gasteiger partial charge in [-0.3, -0.25) is 4.79 Å². The van der Waals surface area contributed by atoms with E-state index in [1.54, 1.807) is 6.08 Å². The van der Waals surface area contributed by atoms with Gasteiger partial charge in [0.2, 0.25) is 0 Å². The monoisotopic (exact) mass is 179 g/mol. The molecular weight excluding hydrogens is 162 g/mol. The Morgan fingerprint density at radius 2 is 2.15 bits per heavy atom. The lowest BCUT2D eigenvalue weighted by atomic mass is 10.0. The van der Waals surface area contributed by atoms with Crippen LogP contribution in [0.5, 0.6) is 0 Å². The molecule has 2 heteroatoms. The first-order valence-corrected chi connectivity index (χ1v) is 4.73. The van der Waals surface area contributed by atoms with Crippen LogP contribution >= 0.6 is 0 Å². The molecule has 13 heavy (non-hydrogen) atoms. The fourth-order valence-electron chi connectivity index (χ4n) is 1.35. The van der Waals surface area contributed by atoms with Gasteiger partial charge in [-0.05, 0) is 39.6 Å². The van der Waals surface area contributed by atoms with Crippen LogP contribution in [0.1, 0.15) is 19.3 Å². The second-order valence-electron chi connectivity index (χ2n) is 3.69. The lowest BCUT2D eigenvalue weighted by Gasteiger charge is -2.10. The summed E-state index contributed by atoms with van der Waals surface area (Å²) in [5, 5.41) is 0. The number of nitrogens with zero attached hydrogens (tertiary/aromatic N) is 1. The molecule has 2 nitrogen and oxygen atoms in total. The van der Waals surface area contributed by atoms with Crippen LogP contribution in [0, 0.1) is 0 Å². The highest BCUT2D eigenvalue weighted by atomic mass is 16.1. The number of hydrogen-bond acceptors (Lipinski definition) is 2. The van der Waals surface area contributed by atoms with E-state index in [2.05, 4.69) is 19.0 Å². The standard InChI is InChI=1S/C11H17NO/c1-12(2)9-3-4-10-5-7-11(13)8-6-10/h5-7H,3-4,8-9H2,1-2H3. The fourth-order valence-corrected chi connectivity index (χ4v) is 1.35. The van der Waals surface area contributed by atoms with Crippen molar-refractivity contribution in [3.05, 3.63) is 23.8 Å². The number of carbonyl (C=O) groups excluding carboxylic acids is 1. The predicted octanol–water partition coefficient (Wildman–Crippen LogP) is 1.78. The third-order valence-corrected chi connectivity index (χ3v) is 2.12. The summed E-state index contributed by atoms with van der Waals surface area (Å²) >= 11 is 0. The Hall–Kier alpha value is -0.890. The lowest BCUT2D eigenvalue weighted by molar-refractivity contribution is -0.113. The molecule has 0 radical (unpaired) electrons. The van der Waals surface area contributed by atoms with E-state index >= 15 is 0 Å². The zero-order chi connectivity index (χ0) is 9.68. The summed E-state index contributed by atoms with van der Waals surface area (Å²) in [4.78, 5) is 13.0. The van der Waals surface area contributed by atoms with Gasteiger partial charge in [0.25, 0.3) is 0 Å². The van der Waals surface area contributed by atoms with Gasteiger partial charge in [-0.1, -0.05) is 17.7 Å². The maximum Gasteiger partial charge on any atom is 0.159 e. The van der Waals surface area contributed by atoms with E-state index in [0.29, 0.717) is 6.42 Å². The number of ketones is 1. The van der Waals surface area contributed by atoms with E-state index in [1.165, 1.54) is 5.57 Å². The molecule has 0 aliphatic heterocycles. The van der Waals surface area contributed by atoms with Gasteiger partial charge in [-0.25, -0.2) is 0 Å². The maximum absolute atomic E-state index is 10.9. The van der Waals surface area contributed by atoms with Crippen molar-refractivity contribution in [3.63, 3.8) is 0 Å². The molecule has 0 bridgehead atoms. The SMILES string of the molecule is CN(C)CCCC1=CCC(=O)C=C1. The quantitative estimate of drug-likeness (QED) is 0.655. The Bertz CT molecular complexity index is 238. The smallest absolute Gasteiger partial charge is 0.159 e. The van der Waals surface area contributed by atoms with Gasteiger partial charge in [-0.15, -0.1) is 0 Å². The van der Waals surface area contributed by atoms with Crippen LogP contribution in [0.25, 0.3) is 0 Å². The summed E-state index contributed by atoms with van der Waals surface area (Å²) in [5.74, 6) is 0.219. The van der Waals surface area contributed by atoms with Crippen LogP contribution in [-0.2, 0) is 4.79 Å². The van der Waals surface area contributed by atoms with Crippen LogP contribution in [-0.4, -0.2) is 31.3 Å². The minimum absolute atomic E-state index is 0.219. The summed E-state index contributed by atoms with van der Waals surface area (Å²) in [5.41, 5.74) is 1.31. The molecule has 0 amide bonds. The van der Waals surface area contributed by atoms with Gasteiger partial charge in [-0.2, -0.15) is 0 Å². The third kappa shape index (κ3) is 4.04. The minimum atomic E-state index is 0.219. The van der Waals surface area contributed by atoms with Gasteiger partial charge in [0.15, 0.2) is 5.78 Å². The van der Waals surface area contributed by atoms with Crippen molar-refractivity contribution < 1.29 is 4.79 Å². The largest absolute Gasteiger partial charge is 0.309 e. The van der Waals surface area contributed by atoms with Crippen molar-refractivity contribution in [1.82, 2.24) is 4.90 Å². The summed E-state index contributed by atoms with van der Waals surface area (Å²) in [6.45, 7) is 1.11. The third-order valence-electron chi connectivity index (χ3n) is 2.12. The molecule has 1 aliphatic carbocycles. The summed E-state index contributed by atoms with van der Waals surface area (Å²) in [6, 6.07) is 0. The average molecular weight is 179 g/mol. The molecule has 0 saturated carbocycles. The van der Waals surface area contributed by atoms with Crippen molar-refractivity contribution in [1.29, 1.82) is 0 Å². The number of allylic oxidation sites excluding steroid dienone is 4. The molecule has 0 saturated heterocycles. The Morgan fingerprint density at radius 3 is 2.69 bits per heavy atom. The Labute approximate surface area is 79.9 Å². The topological polar surface area (TPSA) is 20.3 Å². The molecule has 0 aromatic rings. The van der Waals surface area contributed by atoms with E-state index in [9.17, 15) is 4.79 Å². The normalized spacial score (nSPS) is 16.5. The zero-order valence-corrected chi connectivity index (χ0v) is 8.42. The molecule has 1 rings (SSSR count). The highest BCUT2D eigenvalue weighted by molar-refractivity contribution is 5.92. The van der Waals surface area contributed by atoms with E-state index in [0.717, 1.165) is 19.4 Å². The molecule has 0 aromatic carbocycles. The Kier molecular flexibility index (Phi) is 3.90. The molecule has 0 spiro atoms. The number of rotatable bonds is 4. The molecule has 72 valence electrons. The Morgan fingerprint density at radius 1 is 1.38 bits per heavy atom. The van der Waals surface area contributed by atoms with E-state index in [-0.39, 0.29) is 5.78 Å². The highest BCUT2D eigenvalue weighted by Gasteiger charge is 2.02. The summed E-state index contributed by atoms with van der Waals surface area (Å²) < 4.78 is 0. The zero-order valence-electron chi connectivity index (χ0n) is 8.42. The van der Waals surface area contributed by atoms with Gasteiger partial charge < -0.3 is 4.90 Å². The highest BCUT2D eigenvalue weighted by Crippen LogP contribution is 2.12. The van der Waals surface area contributed by atoms with Gasteiger partial charge in [0.1, 0.15) is 0 Å². The van der Waals surface area contributed by atoms with Gasteiger partial charge >= 0.3 is 0 Å². The molecule has 1 aliphatic rings. The second-order valence-corrected chi connectivity index (χ2v) is 3.69. The first-order valence-electron chi connectivity index (χ1n) is 4.73. The number of carbonyl (C=O) groups is 1. The van der Waals surface area contributed by atoms with Crippen molar-refractivity contribution in [2.45, 2.75) is 19.3 Å². The van der Waals surface area contributed by atoms with Crippen molar-refractivity contribution in [2.75, 3.05) is 20.6 Å². The molecule has 0 heterocycles. The first kappa shape index (κ1) is 10.2. The molecule has 0 N–H and O–H groups in total. The van der Waals surface area contributed by atoms with Gasteiger partial charge in [0.05, 0.1) is 0 Å². The van der Waals surface area contributed by atoms with E-state index in [1.807, 2.05) is 12.2 Å². The number of hydrogen-bond donors (Lipinski definition) is 0. The van der Waals surface area contributed by atoms with Crippen LogP contribution in [0.4, 0.5) is 0 Å². The van der Waals surface area contributed by atoms with Crippen LogP contribution < -0.4 is 0 Å². The van der Waals surface area contributed by atoms with Crippen LogP contribution in [0.15, 0.2) is 23.8 Å². The Balaban J connectivity index is 2.23. The van der Waals surface area contributed by atoms with Crippen molar-refractivity contribution in [2.24, 2.45) is 0 Å². The predicted molar refractivity (Wildman–Crippen MR) is 54.6 cm³/mol. The van der Waals surface area contributed by atoms with E-state index in [4.69, 9.17) is 0 Å². The molecule has 0 unspecified atom stereocenters. The van der Waals surface area contributed by atoms with Crippen molar-refractivity contribution in [3.8, 4) is 0 Å².